The number of nitrogens with zero attached hydrogens (tertiary/aromatic N) is 2. The lowest BCUT2D eigenvalue weighted by Gasteiger charge is -2.29. The van der Waals surface area contributed by atoms with Crippen molar-refractivity contribution in [2.75, 3.05) is 30.5 Å². The molecule has 3 rings (SSSR count). The third kappa shape index (κ3) is 4.49. The summed E-state index contributed by atoms with van der Waals surface area (Å²) in [6.45, 7) is 7.94. The van der Waals surface area contributed by atoms with E-state index in [0.717, 1.165) is 17.7 Å². The minimum Gasteiger partial charge on any atom is -0.503 e. The first-order valence-corrected chi connectivity index (χ1v) is 10.9. The van der Waals surface area contributed by atoms with Crippen LogP contribution in [0.1, 0.15) is 45.7 Å². The molecule has 0 saturated heterocycles. The number of hydrogen-bond acceptors (Lipinski definition) is 5. The van der Waals surface area contributed by atoms with Crippen LogP contribution in [0.25, 0.3) is 0 Å². The zero-order chi connectivity index (χ0) is 23.6. The Labute approximate surface area is 190 Å². The van der Waals surface area contributed by atoms with E-state index in [0.29, 0.717) is 18.0 Å². The molecule has 0 aromatic heterocycles. The third-order valence-electron chi connectivity index (χ3n) is 5.43. The second-order valence-corrected chi connectivity index (χ2v) is 9.25. The smallest absolute Gasteiger partial charge is 0.294 e. The summed E-state index contributed by atoms with van der Waals surface area (Å²) in [4.78, 5) is 30.0. The molecule has 1 amide bonds. The van der Waals surface area contributed by atoms with Crippen LogP contribution in [0.5, 0.6) is 5.75 Å². The molecule has 170 valence electrons. The minimum absolute atomic E-state index is 0.125. The van der Waals surface area contributed by atoms with E-state index in [1.54, 1.807) is 39.0 Å². The molecule has 0 spiro atoms. The van der Waals surface area contributed by atoms with Crippen molar-refractivity contribution in [3.05, 3.63) is 65.4 Å². The molecule has 6 heteroatoms. The van der Waals surface area contributed by atoms with Gasteiger partial charge in [0.15, 0.2) is 11.5 Å². The maximum absolute atomic E-state index is 13.3. The predicted molar refractivity (Wildman–Crippen MR) is 127 cm³/mol. The van der Waals surface area contributed by atoms with Crippen LogP contribution in [0.3, 0.4) is 0 Å². The number of carbonyl (C=O) groups excluding carboxylic acids is 2. The van der Waals surface area contributed by atoms with Crippen LogP contribution in [-0.2, 0) is 9.59 Å². The summed E-state index contributed by atoms with van der Waals surface area (Å²) in [6.07, 6.45) is 0.861. The average molecular weight is 437 g/mol. The minimum atomic E-state index is -0.756. The number of benzene rings is 2. The van der Waals surface area contributed by atoms with E-state index >= 15 is 0 Å². The number of rotatable bonds is 7. The van der Waals surface area contributed by atoms with E-state index in [-0.39, 0.29) is 11.4 Å². The van der Waals surface area contributed by atoms with Crippen molar-refractivity contribution >= 4 is 23.1 Å². The molecule has 0 saturated carbocycles. The highest BCUT2D eigenvalue weighted by molar-refractivity contribution is 6.17. The highest BCUT2D eigenvalue weighted by atomic mass is 16.5. The van der Waals surface area contributed by atoms with Gasteiger partial charge in [0.05, 0.1) is 18.2 Å². The second-order valence-electron chi connectivity index (χ2n) is 9.25. The third-order valence-corrected chi connectivity index (χ3v) is 5.43. The van der Waals surface area contributed by atoms with E-state index in [9.17, 15) is 14.7 Å². The van der Waals surface area contributed by atoms with E-state index in [2.05, 4.69) is 0 Å². The van der Waals surface area contributed by atoms with Crippen LogP contribution in [0.15, 0.2) is 59.9 Å². The van der Waals surface area contributed by atoms with Gasteiger partial charge in [0.25, 0.3) is 5.91 Å². The molecule has 6 nitrogen and oxygen atoms in total. The van der Waals surface area contributed by atoms with Crippen LogP contribution >= 0.6 is 0 Å². The summed E-state index contributed by atoms with van der Waals surface area (Å²) in [5.41, 5.74) is 1.68. The fourth-order valence-electron chi connectivity index (χ4n) is 3.72. The van der Waals surface area contributed by atoms with Gasteiger partial charge in [-0.15, -0.1) is 0 Å². The Bertz CT molecular complexity index is 1030. The zero-order valence-corrected chi connectivity index (χ0v) is 19.7. The predicted octanol–water partition coefficient (Wildman–Crippen LogP) is 5.06. The number of amides is 1. The average Bonchev–Trinajstić information content (AvgIpc) is 3.02. The molecule has 0 fully saturated rings. The Kier molecular flexibility index (Phi) is 6.63. The van der Waals surface area contributed by atoms with Crippen LogP contribution in [0.4, 0.5) is 11.4 Å². The summed E-state index contributed by atoms with van der Waals surface area (Å²) < 4.78 is 5.74. The quantitative estimate of drug-likeness (QED) is 0.657. The molecule has 1 aliphatic heterocycles. The Hall–Kier alpha value is -3.28. The number of carbonyl (C=O) groups is 2. The van der Waals surface area contributed by atoms with Crippen LogP contribution in [-0.4, -0.2) is 37.5 Å². The van der Waals surface area contributed by atoms with Crippen molar-refractivity contribution in [2.45, 2.75) is 40.2 Å². The summed E-state index contributed by atoms with van der Waals surface area (Å²) in [5.74, 6) is -0.710. The van der Waals surface area contributed by atoms with Gasteiger partial charge in [0, 0.05) is 37.0 Å². The lowest BCUT2D eigenvalue weighted by Crippen LogP contribution is -2.32. The standard InChI is InChI=1S/C26H32N2O4/c1-7-15-32-20-10-8-9-19(16-20)28-22(17-11-13-18(14-12-17)27(5)6)21(23(29)25(28)31)24(30)26(2,3)4/h8-14,16,22,29H,7,15H2,1-6H3. The van der Waals surface area contributed by atoms with Gasteiger partial charge in [0.2, 0.25) is 0 Å². The summed E-state index contributed by atoms with van der Waals surface area (Å²) in [6, 6.07) is 14.1. The highest BCUT2D eigenvalue weighted by Crippen LogP contribution is 2.44. The molecule has 1 unspecified atom stereocenters. The molecule has 0 aliphatic carbocycles. The maximum Gasteiger partial charge on any atom is 0.294 e. The van der Waals surface area contributed by atoms with Gasteiger partial charge in [-0.05, 0) is 36.2 Å². The number of ketones is 1. The Morgan fingerprint density at radius 2 is 1.78 bits per heavy atom. The molecule has 2 aromatic rings. The fourth-order valence-corrected chi connectivity index (χ4v) is 3.72. The Morgan fingerprint density at radius 1 is 1.12 bits per heavy atom. The van der Waals surface area contributed by atoms with Crippen molar-refractivity contribution in [1.29, 1.82) is 0 Å². The molecule has 0 bridgehead atoms. The van der Waals surface area contributed by atoms with Crippen LogP contribution in [0, 0.1) is 5.41 Å². The number of anilines is 2. The number of aliphatic hydroxyl groups excluding tert-OH is 1. The normalized spacial score (nSPS) is 16.5. The Balaban J connectivity index is 2.14. The molecule has 0 radical (unpaired) electrons. The SMILES string of the molecule is CCCOc1cccc(N2C(=O)C(O)=C(C(=O)C(C)(C)C)C2c2ccc(N(C)C)cc2)c1. The molecular formula is C26H32N2O4. The van der Waals surface area contributed by atoms with Gasteiger partial charge in [-0.3, -0.25) is 14.5 Å². The molecule has 2 aromatic carbocycles. The number of aliphatic hydroxyl groups is 1. The first kappa shape index (κ1) is 23.4. The van der Waals surface area contributed by atoms with Crippen molar-refractivity contribution in [3.63, 3.8) is 0 Å². The van der Waals surface area contributed by atoms with E-state index < -0.39 is 23.1 Å². The van der Waals surface area contributed by atoms with Crippen LogP contribution in [0.2, 0.25) is 0 Å². The Morgan fingerprint density at radius 3 is 2.34 bits per heavy atom. The highest BCUT2D eigenvalue weighted by Gasteiger charge is 2.46. The molecule has 1 N–H and O–H groups in total. The van der Waals surface area contributed by atoms with E-state index in [4.69, 9.17) is 4.74 Å². The van der Waals surface area contributed by atoms with Crippen molar-refractivity contribution in [1.82, 2.24) is 0 Å². The lowest BCUT2D eigenvalue weighted by molar-refractivity contribution is -0.123. The zero-order valence-electron chi connectivity index (χ0n) is 19.7. The molecule has 1 heterocycles. The monoisotopic (exact) mass is 436 g/mol. The lowest BCUT2D eigenvalue weighted by atomic mass is 9.82. The van der Waals surface area contributed by atoms with Crippen molar-refractivity contribution in [3.8, 4) is 5.75 Å². The van der Waals surface area contributed by atoms with E-state index in [1.165, 1.54) is 4.90 Å². The van der Waals surface area contributed by atoms with Gasteiger partial charge in [0.1, 0.15) is 5.75 Å². The van der Waals surface area contributed by atoms with Crippen molar-refractivity contribution < 1.29 is 19.4 Å². The number of ether oxygens (including phenoxy) is 1. The molecular weight excluding hydrogens is 404 g/mol. The fraction of sp³-hybridized carbons (Fsp3) is 0.385. The largest absolute Gasteiger partial charge is 0.503 e. The van der Waals surface area contributed by atoms with Crippen LogP contribution < -0.4 is 14.5 Å². The second kappa shape index (κ2) is 9.07. The first-order chi connectivity index (χ1) is 15.1. The van der Waals surface area contributed by atoms with E-state index in [1.807, 2.05) is 56.3 Å². The molecule has 32 heavy (non-hydrogen) atoms. The van der Waals surface area contributed by atoms with Gasteiger partial charge < -0.3 is 14.7 Å². The molecule has 1 aliphatic rings. The van der Waals surface area contributed by atoms with Gasteiger partial charge in [-0.25, -0.2) is 0 Å². The summed E-state index contributed by atoms with van der Waals surface area (Å²) in [5, 5.41) is 10.8. The van der Waals surface area contributed by atoms with Gasteiger partial charge >= 0.3 is 0 Å². The van der Waals surface area contributed by atoms with Gasteiger partial charge in [-0.1, -0.05) is 45.9 Å². The summed E-state index contributed by atoms with van der Waals surface area (Å²) in [7, 11) is 3.89. The number of hydrogen-bond donors (Lipinski definition) is 1. The van der Waals surface area contributed by atoms with Gasteiger partial charge in [-0.2, -0.15) is 0 Å². The number of Topliss-reactive ketones (excluding diaryl/α,β-unsaturated/α-hetero) is 1. The topological polar surface area (TPSA) is 70.1 Å². The maximum atomic E-state index is 13.3. The van der Waals surface area contributed by atoms with Crippen molar-refractivity contribution in [2.24, 2.45) is 5.41 Å². The summed E-state index contributed by atoms with van der Waals surface area (Å²) >= 11 is 0. The molecule has 1 atom stereocenters. The first-order valence-electron chi connectivity index (χ1n) is 10.9.